The van der Waals surface area contributed by atoms with Gasteiger partial charge in [0.25, 0.3) is 0 Å². The summed E-state index contributed by atoms with van der Waals surface area (Å²) in [5, 5.41) is 0. The second-order valence-corrected chi connectivity index (χ2v) is 2.52. The van der Waals surface area contributed by atoms with Gasteiger partial charge in [-0.2, -0.15) is 0 Å². The molecule has 4 heteroatoms. The molecule has 0 nitrogen and oxygen atoms in total. The Hall–Kier alpha value is 0.520. The third kappa shape index (κ3) is 3.51. The van der Waals surface area contributed by atoms with Crippen LogP contribution in [-0.2, 0) is 0 Å². The predicted octanol–water partition coefficient (Wildman–Crippen LogP) is 2.41. The van der Waals surface area contributed by atoms with Crippen molar-refractivity contribution in [2.24, 2.45) is 0 Å². The fourth-order valence-corrected chi connectivity index (χ4v) is 0.590. The van der Waals surface area contributed by atoms with E-state index >= 15 is 0 Å². The van der Waals surface area contributed by atoms with E-state index < -0.39 is 17.0 Å². The maximum atomic E-state index is 11.9. The fraction of sp³-hybridized carbons (Fsp3) is 1.00. The van der Waals surface area contributed by atoms with Crippen LogP contribution < -0.4 is 0 Å². The summed E-state index contributed by atoms with van der Waals surface area (Å²) in [5.74, 6) is 0. The maximum absolute atomic E-state index is 11.9. The second kappa shape index (κ2) is 4.40. The molecule has 0 aromatic rings. The molecule has 0 spiro atoms. The summed E-state index contributed by atoms with van der Waals surface area (Å²) in [6, 6.07) is 0. The molecule has 2 unspecified atom stereocenters. The van der Waals surface area contributed by atoms with Gasteiger partial charge in [-0.25, -0.2) is 8.78 Å². The molecule has 0 saturated carbocycles. The van der Waals surface area contributed by atoms with Crippen LogP contribution in [0.1, 0.15) is 6.42 Å². The van der Waals surface area contributed by atoms with E-state index in [1.54, 1.807) is 0 Å². The predicted molar refractivity (Wildman–Crippen MR) is 34.4 cm³/mol. The van der Waals surface area contributed by atoms with Crippen molar-refractivity contribution in [3.63, 3.8) is 0 Å². The lowest BCUT2D eigenvalue weighted by atomic mass is 10.3. The summed E-state index contributed by atoms with van der Waals surface area (Å²) in [7, 11) is 0. The Morgan fingerprint density at radius 1 is 1.38 bits per heavy atom. The molecular formula is C4H6F3I. The smallest absolute Gasteiger partial charge is 0.182 e. The van der Waals surface area contributed by atoms with Crippen LogP contribution >= 0.6 is 22.6 Å². The lowest BCUT2D eigenvalue weighted by Crippen LogP contribution is -2.10. The summed E-state index contributed by atoms with van der Waals surface area (Å²) >= 11 is 1.28. The SMILES string of the molecule is FCCC(F)C(F)I. The fourth-order valence-electron chi connectivity index (χ4n) is 0.230. The normalized spacial score (nSPS) is 18.0. The van der Waals surface area contributed by atoms with Gasteiger partial charge in [0.2, 0.25) is 0 Å². The number of alkyl halides is 4. The van der Waals surface area contributed by atoms with Crippen molar-refractivity contribution in [2.75, 3.05) is 6.67 Å². The third-order valence-electron chi connectivity index (χ3n) is 0.658. The van der Waals surface area contributed by atoms with Crippen molar-refractivity contribution >= 4 is 22.6 Å². The topological polar surface area (TPSA) is 0 Å². The molecule has 0 fully saturated rings. The molecule has 2 atom stereocenters. The van der Waals surface area contributed by atoms with Crippen LogP contribution in [0.5, 0.6) is 0 Å². The zero-order valence-corrected chi connectivity index (χ0v) is 6.24. The highest BCUT2D eigenvalue weighted by Gasteiger charge is 2.15. The minimum atomic E-state index is -1.64. The van der Waals surface area contributed by atoms with E-state index in [0.717, 1.165) is 0 Å². The van der Waals surface area contributed by atoms with Crippen molar-refractivity contribution in [1.29, 1.82) is 0 Å². The molecule has 0 heterocycles. The molecule has 0 bridgehead atoms. The van der Waals surface area contributed by atoms with Gasteiger partial charge in [0.1, 0.15) is 6.17 Å². The molecule has 0 radical (unpaired) electrons. The Bertz CT molecular complexity index is 57.2. The zero-order chi connectivity index (χ0) is 6.57. The van der Waals surface area contributed by atoms with E-state index in [1.165, 1.54) is 22.6 Å². The van der Waals surface area contributed by atoms with Crippen LogP contribution in [0, 0.1) is 0 Å². The first-order valence-electron chi connectivity index (χ1n) is 2.16. The summed E-state index contributed by atoms with van der Waals surface area (Å²) in [6.45, 7) is -0.787. The van der Waals surface area contributed by atoms with Gasteiger partial charge in [-0.3, -0.25) is 4.39 Å². The van der Waals surface area contributed by atoms with Gasteiger partial charge in [-0.05, 0) is 22.6 Å². The minimum absolute atomic E-state index is 0.329. The van der Waals surface area contributed by atoms with E-state index in [0.29, 0.717) is 0 Å². The Labute approximate surface area is 59.6 Å². The first kappa shape index (κ1) is 8.52. The lowest BCUT2D eigenvalue weighted by molar-refractivity contribution is 0.218. The number of hydrogen-bond donors (Lipinski definition) is 0. The molecule has 0 amide bonds. The first-order valence-corrected chi connectivity index (χ1v) is 3.41. The summed E-state index contributed by atoms with van der Waals surface area (Å²) in [4.78, 5) is 0. The Morgan fingerprint density at radius 2 is 1.88 bits per heavy atom. The van der Waals surface area contributed by atoms with Crippen LogP contribution in [0.25, 0.3) is 0 Å². The van der Waals surface area contributed by atoms with Crippen LogP contribution in [0.2, 0.25) is 0 Å². The highest BCUT2D eigenvalue weighted by atomic mass is 127. The van der Waals surface area contributed by atoms with Crippen LogP contribution in [0.4, 0.5) is 13.2 Å². The highest BCUT2D eigenvalue weighted by Crippen LogP contribution is 2.14. The highest BCUT2D eigenvalue weighted by molar-refractivity contribution is 14.1. The van der Waals surface area contributed by atoms with Crippen molar-refractivity contribution in [3.05, 3.63) is 0 Å². The molecule has 0 aliphatic rings. The molecular weight excluding hydrogens is 232 g/mol. The van der Waals surface area contributed by atoms with E-state index in [-0.39, 0.29) is 6.42 Å². The molecule has 0 aliphatic heterocycles. The van der Waals surface area contributed by atoms with E-state index in [1.807, 2.05) is 0 Å². The molecule has 0 rings (SSSR count). The Kier molecular flexibility index (Phi) is 4.69. The van der Waals surface area contributed by atoms with Crippen molar-refractivity contribution < 1.29 is 13.2 Å². The molecule has 0 saturated heterocycles. The van der Waals surface area contributed by atoms with Crippen LogP contribution in [0.3, 0.4) is 0 Å². The van der Waals surface area contributed by atoms with Gasteiger partial charge >= 0.3 is 0 Å². The maximum Gasteiger partial charge on any atom is 0.182 e. The molecule has 0 N–H and O–H groups in total. The van der Waals surface area contributed by atoms with E-state index in [2.05, 4.69) is 0 Å². The average molecular weight is 238 g/mol. The van der Waals surface area contributed by atoms with Crippen LogP contribution in [0.15, 0.2) is 0 Å². The first-order chi connectivity index (χ1) is 3.68. The summed E-state index contributed by atoms with van der Waals surface area (Å²) < 4.78 is 33.3. The zero-order valence-electron chi connectivity index (χ0n) is 4.08. The molecule has 8 heavy (non-hydrogen) atoms. The molecule has 0 aromatic heterocycles. The van der Waals surface area contributed by atoms with E-state index in [4.69, 9.17) is 0 Å². The Balaban J connectivity index is 3.17. The minimum Gasteiger partial charge on any atom is -0.251 e. The van der Waals surface area contributed by atoms with Gasteiger partial charge in [-0.15, -0.1) is 0 Å². The van der Waals surface area contributed by atoms with Crippen molar-refractivity contribution in [3.8, 4) is 0 Å². The molecule has 50 valence electrons. The van der Waals surface area contributed by atoms with Crippen LogP contribution in [-0.4, -0.2) is 17.0 Å². The van der Waals surface area contributed by atoms with Crippen molar-refractivity contribution in [2.45, 2.75) is 16.8 Å². The largest absolute Gasteiger partial charge is 0.251 e. The van der Waals surface area contributed by atoms with E-state index in [9.17, 15) is 13.2 Å². The molecule has 0 aromatic carbocycles. The Morgan fingerprint density at radius 3 is 2.00 bits per heavy atom. The quantitative estimate of drug-likeness (QED) is 0.523. The third-order valence-corrected chi connectivity index (χ3v) is 1.44. The van der Waals surface area contributed by atoms with Gasteiger partial charge in [-0.1, -0.05) is 0 Å². The van der Waals surface area contributed by atoms with Gasteiger partial charge in [0, 0.05) is 6.42 Å². The van der Waals surface area contributed by atoms with Gasteiger partial charge < -0.3 is 0 Å². The summed E-state index contributed by atoms with van der Waals surface area (Å²) in [5.41, 5.74) is 0. The second-order valence-electron chi connectivity index (χ2n) is 1.33. The standard InChI is InChI=1S/C4H6F3I/c5-2-1-3(6)4(7)8/h3-4H,1-2H2. The number of rotatable bonds is 3. The lowest BCUT2D eigenvalue weighted by Gasteiger charge is -2.02. The number of hydrogen-bond acceptors (Lipinski definition) is 0. The number of halogens is 4. The monoisotopic (exact) mass is 238 g/mol. The van der Waals surface area contributed by atoms with Gasteiger partial charge in [0.05, 0.1) is 6.67 Å². The molecule has 0 aliphatic carbocycles. The summed E-state index contributed by atoms with van der Waals surface area (Å²) in [6.07, 6.45) is -1.97. The average Bonchev–Trinajstić information content (AvgIpc) is 1.67. The van der Waals surface area contributed by atoms with Crippen molar-refractivity contribution in [1.82, 2.24) is 0 Å². The van der Waals surface area contributed by atoms with Gasteiger partial charge in [0.15, 0.2) is 4.18 Å².